The zero-order chi connectivity index (χ0) is 32.9. The first-order chi connectivity index (χ1) is 22.7. The van der Waals surface area contributed by atoms with Crippen LogP contribution in [0.15, 0.2) is 103 Å². The summed E-state index contributed by atoms with van der Waals surface area (Å²) < 4.78 is 3.75. The van der Waals surface area contributed by atoms with Gasteiger partial charge >= 0.3 is 0 Å². The van der Waals surface area contributed by atoms with Crippen LogP contribution in [0.4, 0.5) is 11.4 Å². The molecule has 4 aliphatic rings. The van der Waals surface area contributed by atoms with Gasteiger partial charge in [0.2, 0.25) is 11.8 Å². The van der Waals surface area contributed by atoms with E-state index in [0.29, 0.717) is 40.9 Å². The molecule has 3 aromatic rings. The van der Waals surface area contributed by atoms with Gasteiger partial charge in [0.05, 0.1) is 46.5 Å². The molecule has 4 heterocycles. The van der Waals surface area contributed by atoms with Crippen LogP contribution in [-0.4, -0.2) is 69.6 Å². The van der Waals surface area contributed by atoms with Crippen molar-refractivity contribution in [2.75, 3.05) is 36.1 Å². The molecule has 0 aromatic heterocycles. The maximum Gasteiger partial charge on any atom is 0.251 e. The van der Waals surface area contributed by atoms with Crippen molar-refractivity contribution in [3.05, 3.63) is 114 Å². The Morgan fingerprint density at radius 1 is 0.872 bits per heavy atom. The number of fused-ring (bicyclic) bond motifs is 2. The SMILES string of the molecule is CCOc1ccc(N2CC=C[C@@]3(C)S[C@]45C=CCN(c6ccccc6Cl)C(=O)C4N([C@H](CO)c4ccccc4)C(=O)[C@@H]5[C@H]3C2=O)cc1. The number of benzene rings is 3. The fourth-order valence-electron chi connectivity index (χ4n) is 7.83. The van der Waals surface area contributed by atoms with Gasteiger partial charge in [-0.15, -0.1) is 11.8 Å². The van der Waals surface area contributed by atoms with E-state index in [1.54, 1.807) is 32.9 Å². The molecule has 1 spiro atoms. The Morgan fingerprint density at radius 3 is 2.26 bits per heavy atom. The van der Waals surface area contributed by atoms with E-state index in [2.05, 4.69) is 0 Å². The first-order valence-electron chi connectivity index (χ1n) is 15.9. The quantitative estimate of drug-likeness (QED) is 0.327. The highest BCUT2D eigenvalue weighted by Gasteiger charge is 2.74. The van der Waals surface area contributed by atoms with Crippen molar-refractivity contribution >= 4 is 52.5 Å². The number of hydrogen-bond acceptors (Lipinski definition) is 6. The number of amides is 3. The van der Waals surface area contributed by atoms with Crippen LogP contribution < -0.4 is 14.5 Å². The summed E-state index contributed by atoms with van der Waals surface area (Å²) in [6.45, 7) is 4.64. The molecule has 7 rings (SSSR count). The van der Waals surface area contributed by atoms with Gasteiger partial charge < -0.3 is 24.5 Å². The van der Waals surface area contributed by atoms with Gasteiger partial charge in [-0.3, -0.25) is 14.4 Å². The summed E-state index contributed by atoms with van der Waals surface area (Å²) in [6, 6.07) is 22.0. The number of anilines is 2. The van der Waals surface area contributed by atoms with E-state index in [1.807, 2.05) is 98.8 Å². The van der Waals surface area contributed by atoms with E-state index in [1.165, 1.54) is 11.8 Å². The van der Waals surface area contributed by atoms with Crippen molar-refractivity contribution < 1.29 is 24.2 Å². The van der Waals surface area contributed by atoms with Crippen molar-refractivity contribution in [1.82, 2.24) is 4.90 Å². The third kappa shape index (κ3) is 4.98. The standard InChI is InChI=1S/C37H36ClN3O5S/c1-3-46-26-17-15-25(16-18-26)39-21-9-19-36(2)30(33(39)43)31-34(44)41(29(23-42)24-11-5-4-6-12-24)32-35(45)40(22-10-20-37(31,32)47-36)28-14-8-7-13-27(28)38/h4-20,29-32,42H,3,21-23H2,1-2H3/t29-,30+,31+,32?,36-,37+/m1/s1. The number of thioether (sulfide) groups is 1. The van der Waals surface area contributed by atoms with Gasteiger partial charge in [-0.25, -0.2) is 0 Å². The van der Waals surface area contributed by atoms with Crippen LogP contribution in [0.2, 0.25) is 5.02 Å². The summed E-state index contributed by atoms with van der Waals surface area (Å²) in [7, 11) is 0. The zero-order valence-electron chi connectivity index (χ0n) is 26.2. The van der Waals surface area contributed by atoms with E-state index < -0.39 is 40.0 Å². The minimum Gasteiger partial charge on any atom is -0.494 e. The average molecular weight is 670 g/mol. The first-order valence-corrected chi connectivity index (χ1v) is 17.1. The van der Waals surface area contributed by atoms with E-state index in [4.69, 9.17) is 16.3 Å². The second-order valence-electron chi connectivity index (χ2n) is 12.4. The molecule has 47 heavy (non-hydrogen) atoms. The summed E-state index contributed by atoms with van der Waals surface area (Å²) in [5.41, 5.74) is 1.95. The van der Waals surface area contributed by atoms with E-state index in [0.717, 1.165) is 0 Å². The largest absolute Gasteiger partial charge is 0.494 e. The van der Waals surface area contributed by atoms with Crippen LogP contribution in [0.5, 0.6) is 5.75 Å². The van der Waals surface area contributed by atoms with Crippen molar-refractivity contribution in [3.8, 4) is 5.75 Å². The number of rotatable bonds is 7. The lowest BCUT2D eigenvalue weighted by atomic mass is 9.74. The molecule has 10 heteroatoms. The fraction of sp³-hybridized carbons (Fsp3) is 0.324. The van der Waals surface area contributed by atoms with E-state index in [-0.39, 0.29) is 24.3 Å². The van der Waals surface area contributed by atoms with Gasteiger partial charge in [-0.05, 0) is 55.8 Å². The average Bonchev–Trinajstić information content (AvgIpc) is 3.34. The second-order valence-corrected chi connectivity index (χ2v) is 14.6. The minimum atomic E-state index is -1.09. The van der Waals surface area contributed by atoms with Gasteiger partial charge in [0.1, 0.15) is 11.8 Å². The monoisotopic (exact) mass is 669 g/mol. The van der Waals surface area contributed by atoms with Gasteiger partial charge in [-0.1, -0.05) is 78.4 Å². The Balaban J connectivity index is 1.37. The number of para-hydroxylation sites is 1. The summed E-state index contributed by atoms with van der Waals surface area (Å²) in [5.74, 6) is -1.75. The lowest BCUT2D eigenvalue weighted by molar-refractivity contribution is -0.142. The van der Waals surface area contributed by atoms with Crippen molar-refractivity contribution in [2.24, 2.45) is 11.8 Å². The number of aliphatic hydroxyl groups is 1. The number of halogens is 1. The Labute approximate surface area is 283 Å². The van der Waals surface area contributed by atoms with Gasteiger partial charge in [0.25, 0.3) is 5.91 Å². The molecule has 0 radical (unpaired) electrons. The summed E-state index contributed by atoms with van der Waals surface area (Å²) in [4.78, 5) is 49.7. The number of nitrogens with zero attached hydrogens (tertiary/aromatic N) is 3. The molecule has 3 aromatic carbocycles. The molecular weight excluding hydrogens is 634 g/mol. The molecule has 3 amide bonds. The normalized spacial score (nSPS) is 28.9. The van der Waals surface area contributed by atoms with Crippen molar-refractivity contribution in [3.63, 3.8) is 0 Å². The van der Waals surface area contributed by atoms with Gasteiger partial charge in [-0.2, -0.15) is 0 Å². The molecule has 1 unspecified atom stereocenters. The number of aliphatic hydroxyl groups excluding tert-OH is 1. The fourth-order valence-corrected chi connectivity index (χ4v) is 10.2. The molecule has 0 aliphatic carbocycles. The van der Waals surface area contributed by atoms with Gasteiger partial charge in [0, 0.05) is 23.5 Å². The maximum atomic E-state index is 15.1. The predicted octanol–water partition coefficient (Wildman–Crippen LogP) is 5.67. The van der Waals surface area contributed by atoms with E-state index >= 15 is 4.79 Å². The molecule has 0 saturated carbocycles. The number of ether oxygens (including phenoxy) is 1. The lowest BCUT2D eigenvalue weighted by Gasteiger charge is -2.40. The second kappa shape index (κ2) is 12.2. The van der Waals surface area contributed by atoms with Crippen LogP contribution >= 0.6 is 23.4 Å². The van der Waals surface area contributed by atoms with Gasteiger partial charge in [0.15, 0.2) is 0 Å². The molecule has 1 N–H and O–H groups in total. The number of carbonyl (C=O) groups excluding carboxylic acids is 3. The molecule has 4 aliphatic heterocycles. The van der Waals surface area contributed by atoms with Crippen LogP contribution in [0.25, 0.3) is 0 Å². The predicted molar refractivity (Wildman–Crippen MR) is 185 cm³/mol. The highest BCUT2D eigenvalue weighted by Crippen LogP contribution is 2.66. The Morgan fingerprint density at radius 2 is 1.55 bits per heavy atom. The topological polar surface area (TPSA) is 90.4 Å². The molecule has 2 fully saturated rings. The Kier molecular flexibility index (Phi) is 8.18. The van der Waals surface area contributed by atoms with Crippen molar-refractivity contribution in [2.45, 2.75) is 35.4 Å². The third-order valence-corrected chi connectivity index (χ3v) is 11.9. The van der Waals surface area contributed by atoms with Crippen LogP contribution in [0, 0.1) is 11.8 Å². The number of likely N-dealkylation sites (tertiary alicyclic amines) is 1. The number of hydrogen-bond donors (Lipinski definition) is 1. The molecule has 242 valence electrons. The molecule has 0 bridgehead atoms. The summed E-state index contributed by atoms with van der Waals surface area (Å²) in [6.07, 6.45) is 7.91. The molecule has 8 nitrogen and oxygen atoms in total. The zero-order valence-corrected chi connectivity index (χ0v) is 27.7. The third-order valence-electron chi connectivity index (χ3n) is 9.79. The van der Waals surface area contributed by atoms with Crippen molar-refractivity contribution in [1.29, 1.82) is 0 Å². The van der Waals surface area contributed by atoms with Crippen LogP contribution in [-0.2, 0) is 14.4 Å². The molecule has 6 atom stereocenters. The smallest absolute Gasteiger partial charge is 0.251 e. The highest BCUT2D eigenvalue weighted by molar-refractivity contribution is 8.02. The highest BCUT2D eigenvalue weighted by atomic mass is 35.5. The van der Waals surface area contributed by atoms with Crippen LogP contribution in [0.3, 0.4) is 0 Å². The Bertz CT molecular complexity index is 1770. The molecular formula is C37H36ClN3O5S. The lowest BCUT2D eigenvalue weighted by Crippen LogP contribution is -2.54. The first kappa shape index (κ1) is 31.5. The number of carbonyl (C=O) groups is 3. The molecule has 2 saturated heterocycles. The minimum absolute atomic E-state index is 0.182. The Hall–Kier alpha value is -4.05. The maximum absolute atomic E-state index is 15.1. The van der Waals surface area contributed by atoms with Crippen LogP contribution in [0.1, 0.15) is 25.5 Å². The summed E-state index contributed by atoms with van der Waals surface area (Å²) >= 11 is 8.13. The summed E-state index contributed by atoms with van der Waals surface area (Å²) in [5, 5.41) is 11.3. The van der Waals surface area contributed by atoms with E-state index in [9.17, 15) is 14.7 Å².